The van der Waals surface area contributed by atoms with Gasteiger partial charge >= 0.3 is 5.97 Å². The highest BCUT2D eigenvalue weighted by atomic mass is 79.9. The van der Waals surface area contributed by atoms with Crippen LogP contribution in [-0.2, 0) is 16.0 Å². The topological polar surface area (TPSA) is 92.0 Å². The van der Waals surface area contributed by atoms with Gasteiger partial charge in [0.1, 0.15) is 5.82 Å². The Hall–Kier alpha value is -2.72. The first-order valence-electron chi connectivity index (χ1n) is 11.2. The summed E-state index contributed by atoms with van der Waals surface area (Å²) in [5.74, 6) is 0.915. The summed E-state index contributed by atoms with van der Waals surface area (Å²) in [6, 6.07) is 8.87. The van der Waals surface area contributed by atoms with E-state index in [1.54, 1.807) is 31.3 Å². The number of fused-ring (bicyclic) bond motifs is 1. The number of esters is 1. The quantitative estimate of drug-likeness (QED) is 0.223. The van der Waals surface area contributed by atoms with E-state index in [0.717, 1.165) is 17.3 Å². The zero-order valence-electron chi connectivity index (χ0n) is 20.0. The number of unbranched alkanes of at least 4 members (excludes halogenated alkanes) is 1. The standard InChI is InChI=1S/C25H27Br2N3O5/c1-5-7-8-23-29-20-10-9-17(26)12-18(20)24(31)30(23)28-14-16-11-21(34-6-2)22(13-19(16)27)35-15(3)25(32)33-4/h9-15H,5-8H2,1-4H3/t15-/m0/s1. The van der Waals surface area contributed by atoms with Crippen LogP contribution in [0.3, 0.4) is 0 Å². The maximum Gasteiger partial charge on any atom is 0.346 e. The van der Waals surface area contributed by atoms with Crippen molar-refractivity contribution < 1.29 is 19.0 Å². The molecular formula is C25H27Br2N3O5. The minimum atomic E-state index is -0.812. The number of halogens is 2. The number of ether oxygens (including phenoxy) is 3. The number of methoxy groups -OCH3 is 1. The van der Waals surface area contributed by atoms with Gasteiger partial charge < -0.3 is 14.2 Å². The molecule has 2 aromatic carbocycles. The number of carbonyl (C=O) groups is 1. The molecule has 0 aliphatic carbocycles. The summed E-state index contributed by atoms with van der Waals surface area (Å²) < 4.78 is 19.0. The van der Waals surface area contributed by atoms with Crippen molar-refractivity contribution in [1.29, 1.82) is 0 Å². The van der Waals surface area contributed by atoms with E-state index in [1.165, 1.54) is 11.8 Å². The molecule has 0 fully saturated rings. The van der Waals surface area contributed by atoms with Crippen molar-refractivity contribution in [2.75, 3.05) is 13.7 Å². The van der Waals surface area contributed by atoms with Gasteiger partial charge in [-0.25, -0.2) is 9.78 Å². The summed E-state index contributed by atoms with van der Waals surface area (Å²) >= 11 is 6.95. The molecule has 3 rings (SSSR count). The van der Waals surface area contributed by atoms with Crippen LogP contribution in [0.25, 0.3) is 10.9 Å². The molecule has 8 nitrogen and oxygen atoms in total. The second kappa shape index (κ2) is 12.3. The molecule has 0 aliphatic rings. The van der Waals surface area contributed by atoms with Crippen LogP contribution in [0, 0.1) is 0 Å². The number of nitrogens with zero attached hydrogens (tertiary/aromatic N) is 3. The van der Waals surface area contributed by atoms with Gasteiger partial charge in [0, 0.05) is 20.9 Å². The number of hydrogen-bond acceptors (Lipinski definition) is 7. The number of rotatable bonds is 10. The minimum absolute atomic E-state index is 0.244. The summed E-state index contributed by atoms with van der Waals surface area (Å²) in [6.45, 7) is 5.92. The second-order valence-electron chi connectivity index (χ2n) is 7.69. The van der Waals surface area contributed by atoms with Gasteiger partial charge in [0.15, 0.2) is 17.6 Å². The van der Waals surface area contributed by atoms with Gasteiger partial charge in [-0.05, 0) is 66.5 Å². The predicted octanol–water partition coefficient (Wildman–Crippen LogP) is 5.49. The molecule has 0 bridgehead atoms. The highest BCUT2D eigenvalue weighted by molar-refractivity contribution is 9.10. The average Bonchev–Trinajstić information content (AvgIpc) is 2.84. The lowest BCUT2D eigenvalue weighted by molar-refractivity contribution is -0.147. The van der Waals surface area contributed by atoms with Crippen LogP contribution < -0.4 is 15.0 Å². The van der Waals surface area contributed by atoms with Crippen molar-refractivity contribution in [2.45, 2.75) is 46.1 Å². The first-order valence-corrected chi connectivity index (χ1v) is 12.8. The van der Waals surface area contributed by atoms with Crippen LogP contribution in [0.2, 0.25) is 0 Å². The SMILES string of the molecule is CCCCc1nc2ccc(Br)cc2c(=O)n1N=Cc1cc(OCC)c(O[C@@H](C)C(=O)OC)cc1Br. The van der Waals surface area contributed by atoms with E-state index in [9.17, 15) is 9.59 Å². The summed E-state index contributed by atoms with van der Waals surface area (Å²) in [5.41, 5.74) is 1.05. The van der Waals surface area contributed by atoms with Gasteiger partial charge in [0.25, 0.3) is 5.56 Å². The Morgan fingerprint density at radius 1 is 1.20 bits per heavy atom. The predicted molar refractivity (Wildman–Crippen MR) is 143 cm³/mol. The van der Waals surface area contributed by atoms with Crippen LogP contribution in [0.4, 0.5) is 0 Å². The molecular weight excluding hydrogens is 582 g/mol. The monoisotopic (exact) mass is 607 g/mol. The second-order valence-corrected chi connectivity index (χ2v) is 9.46. The molecule has 0 spiro atoms. The number of carbonyl (C=O) groups excluding carboxylic acids is 1. The highest BCUT2D eigenvalue weighted by Gasteiger charge is 2.19. The zero-order valence-corrected chi connectivity index (χ0v) is 23.2. The summed E-state index contributed by atoms with van der Waals surface area (Å²) in [5, 5.41) is 4.98. The molecule has 1 heterocycles. The van der Waals surface area contributed by atoms with Gasteiger partial charge in [-0.3, -0.25) is 4.79 Å². The van der Waals surface area contributed by atoms with Gasteiger partial charge in [-0.15, -0.1) is 0 Å². The molecule has 1 atom stereocenters. The molecule has 186 valence electrons. The molecule has 0 saturated carbocycles. The number of benzene rings is 2. The maximum atomic E-state index is 13.3. The molecule has 10 heteroatoms. The largest absolute Gasteiger partial charge is 0.490 e. The Morgan fingerprint density at radius 2 is 1.97 bits per heavy atom. The minimum Gasteiger partial charge on any atom is -0.490 e. The van der Waals surface area contributed by atoms with E-state index in [4.69, 9.17) is 19.2 Å². The van der Waals surface area contributed by atoms with Crippen LogP contribution in [0.1, 0.15) is 45.0 Å². The Bertz CT molecular complexity index is 1310. The normalized spacial score (nSPS) is 12.2. The third-order valence-electron chi connectivity index (χ3n) is 5.14. The van der Waals surface area contributed by atoms with Crippen LogP contribution >= 0.6 is 31.9 Å². The lowest BCUT2D eigenvalue weighted by Crippen LogP contribution is -2.25. The Kier molecular flexibility index (Phi) is 9.45. The van der Waals surface area contributed by atoms with Crippen molar-refractivity contribution in [1.82, 2.24) is 9.66 Å². The van der Waals surface area contributed by atoms with Gasteiger partial charge in [0.05, 0.1) is 30.8 Å². The van der Waals surface area contributed by atoms with E-state index >= 15 is 0 Å². The summed E-state index contributed by atoms with van der Waals surface area (Å²) in [6.07, 6.45) is 3.23. The van der Waals surface area contributed by atoms with E-state index in [-0.39, 0.29) is 5.56 Å². The van der Waals surface area contributed by atoms with E-state index in [1.807, 2.05) is 19.1 Å². The maximum absolute atomic E-state index is 13.3. The molecule has 0 amide bonds. The highest BCUT2D eigenvalue weighted by Crippen LogP contribution is 2.34. The fourth-order valence-electron chi connectivity index (χ4n) is 3.35. The fourth-order valence-corrected chi connectivity index (χ4v) is 4.13. The molecule has 0 radical (unpaired) electrons. The molecule has 0 saturated heterocycles. The lowest BCUT2D eigenvalue weighted by Gasteiger charge is -2.17. The lowest BCUT2D eigenvalue weighted by atomic mass is 10.2. The first-order chi connectivity index (χ1) is 16.8. The number of aromatic nitrogens is 2. The van der Waals surface area contributed by atoms with Crippen molar-refractivity contribution in [2.24, 2.45) is 5.10 Å². The van der Waals surface area contributed by atoms with Gasteiger partial charge in [-0.1, -0.05) is 29.3 Å². The van der Waals surface area contributed by atoms with Gasteiger partial charge in [-0.2, -0.15) is 9.78 Å². The van der Waals surface area contributed by atoms with Crippen LogP contribution in [0.15, 0.2) is 49.2 Å². The Morgan fingerprint density at radius 3 is 2.66 bits per heavy atom. The van der Waals surface area contributed by atoms with Crippen molar-refractivity contribution >= 4 is 54.9 Å². The Labute approximate surface area is 220 Å². The Balaban J connectivity index is 2.05. The van der Waals surface area contributed by atoms with Crippen LogP contribution in [-0.4, -0.2) is 41.7 Å². The molecule has 0 N–H and O–H groups in total. The summed E-state index contributed by atoms with van der Waals surface area (Å²) in [4.78, 5) is 29.8. The molecule has 0 aliphatic heterocycles. The van der Waals surface area contributed by atoms with Crippen molar-refractivity contribution in [3.63, 3.8) is 0 Å². The number of hydrogen-bond donors (Lipinski definition) is 0. The van der Waals surface area contributed by atoms with Crippen molar-refractivity contribution in [3.05, 3.63) is 61.0 Å². The van der Waals surface area contributed by atoms with Crippen LogP contribution in [0.5, 0.6) is 11.5 Å². The average molecular weight is 609 g/mol. The van der Waals surface area contributed by atoms with E-state index < -0.39 is 12.1 Å². The fraction of sp³-hybridized carbons (Fsp3) is 0.360. The van der Waals surface area contributed by atoms with E-state index in [2.05, 4.69) is 43.9 Å². The van der Waals surface area contributed by atoms with Crippen molar-refractivity contribution in [3.8, 4) is 11.5 Å². The molecule has 1 aromatic heterocycles. The third kappa shape index (κ3) is 6.49. The molecule has 0 unspecified atom stereocenters. The third-order valence-corrected chi connectivity index (χ3v) is 6.32. The smallest absolute Gasteiger partial charge is 0.346 e. The first kappa shape index (κ1) is 26.9. The molecule has 3 aromatic rings. The van der Waals surface area contributed by atoms with E-state index in [0.29, 0.717) is 51.3 Å². The summed E-state index contributed by atoms with van der Waals surface area (Å²) in [7, 11) is 1.30. The van der Waals surface area contributed by atoms with Gasteiger partial charge in [0.2, 0.25) is 0 Å². The molecule has 35 heavy (non-hydrogen) atoms. The zero-order chi connectivity index (χ0) is 25.5. The number of aryl methyl sites for hydroxylation is 1.